The van der Waals surface area contributed by atoms with Crippen LogP contribution in [-0.2, 0) is 0 Å². The third-order valence-corrected chi connectivity index (χ3v) is 13.2. The van der Waals surface area contributed by atoms with Gasteiger partial charge in [-0.25, -0.2) is 0 Å². The number of fused-ring (bicyclic) bond motifs is 19. The van der Waals surface area contributed by atoms with Gasteiger partial charge >= 0.3 is 0 Å². The lowest BCUT2D eigenvalue weighted by Gasteiger charge is -2.16. The number of benzene rings is 10. The Balaban J connectivity index is 1.12. The molecule has 254 valence electrons. The highest BCUT2D eigenvalue weighted by Gasteiger charge is 2.22. The van der Waals surface area contributed by atoms with Crippen molar-refractivity contribution in [2.75, 3.05) is 0 Å². The molecule has 3 heterocycles. The van der Waals surface area contributed by atoms with Crippen LogP contribution in [0.2, 0.25) is 0 Å². The fraction of sp³-hybridized carbons (Fsp3) is 0. The van der Waals surface area contributed by atoms with Crippen molar-refractivity contribution in [2.45, 2.75) is 0 Å². The molecule has 2 nitrogen and oxygen atoms in total. The number of hydrogen-bond acceptors (Lipinski definition) is 1. The molecule has 0 saturated heterocycles. The topological polar surface area (TPSA) is 9.86 Å². The van der Waals surface area contributed by atoms with Gasteiger partial charge in [0.25, 0.3) is 0 Å². The van der Waals surface area contributed by atoms with Crippen molar-refractivity contribution in [3.05, 3.63) is 182 Å². The van der Waals surface area contributed by atoms with Crippen LogP contribution in [0, 0.1) is 0 Å². The molecular weight excluding hydrogens is 685 g/mol. The van der Waals surface area contributed by atoms with Crippen LogP contribution in [0.15, 0.2) is 182 Å². The Morgan fingerprint density at radius 3 is 1.45 bits per heavy atom. The molecule has 0 atom stereocenters. The molecule has 13 aromatic rings. The number of thiophene rings is 1. The first-order valence-electron chi connectivity index (χ1n) is 18.9. The summed E-state index contributed by atoms with van der Waals surface area (Å²) in [7, 11) is 0. The standard InChI is InChI=1S/C52H30N2S/c1-3-17-37-33(13-1)34-14-2-4-18-38(34)50-49(37)39-19-5-6-20-40(39)52-51(50)41-21-8-11-23-45(41)54(52)32-27-25-31(26-28-32)53-44-22-10-7-15-35(44)42-29-43-36-16-9-12-24-47(36)55-48(43)30-46(42)53/h1-30H. The van der Waals surface area contributed by atoms with Crippen molar-refractivity contribution in [1.82, 2.24) is 9.13 Å². The molecule has 0 radical (unpaired) electrons. The highest BCUT2D eigenvalue weighted by atomic mass is 32.1. The summed E-state index contributed by atoms with van der Waals surface area (Å²) in [5.41, 5.74) is 7.23. The highest BCUT2D eigenvalue weighted by molar-refractivity contribution is 7.25. The molecule has 10 aromatic carbocycles. The van der Waals surface area contributed by atoms with Crippen LogP contribution >= 0.6 is 11.3 Å². The minimum absolute atomic E-state index is 1.15. The van der Waals surface area contributed by atoms with Gasteiger partial charge in [0.2, 0.25) is 0 Å². The predicted molar refractivity (Wildman–Crippen MR) is 238 cm³/mol. The van der Waals surface area contributed by atoms with Gasteiger partial charge < -0.3 is 9.13 Å². The van der Waals surface area contributed by atoms with Gasteiger partial charge in [0.05, 0.1) is 22.1 Å². The van der Waals surface area contributed by atoms with Crippen molar-refractivity contribution in [3.8, 4) is 11.4 Å². The van der Waals surface area contributed by atoms with E-state index in [0.717, 1.165) is 11.4 Å². The molecule has 0 bridgehead atoms. The summed E-state index contributed by atoms with van der Waals surface area (Å²) in [4.78, 5) is 0. The largest absolute Gasteiger partial charge is 0.309 e. The lowest BCUT2D eigenvalue weighted by Crippen LogP contribution is -1.98. The minimum Gasteiger partial charge on any atom is -0.309 e. The number of nitrogens with zero attached hydrogens (tertiary/aromatic N) is 2. The molecule has 0 unspecified atom stereocenters. The van der Waals surface area contributed by atoms with Crippen LogP contribution in [0.5, 0.6) is 0 Å². The van der Waals surface area contributed by atoms with E-state index in [4.69, 9.17) is 0 Å². The van der Waals surface area contributed by atoms with Crippen LogP contribution in [0.3, 0.4) is 0 Å². The second-order valence-corrected chi connectivity index (χ2v) is 15.9. The average Bonchev–Trinajstić information content (AvgIpc) is 3.90. The molecule has 0 aliphatic carbocycles. The zero-order valence-electron chi connectivity index (χ0n) is 29.6. The fourth-order valence-corrected chi connectivity index (χ4v) is 10.9. The molecule has 55 heavy (non-hydrogen) atoms. The van der Waals surface area contributed by atoms with E-state index in [9.17, 15) is 0 Å². The van der Waals surface area contributed by atoms with Crippen molar-refractivity contribution >= 4 is 118 Å². The summed E-state index contributed by atoms with van der Waals surface area (Å²) in [6.07, 6.45) is 0. The Kier molecular flexibility index (Phi) is 5.80. The minimum atomic E-state index is 1.15. The van der Waals surface area contributed by atoms with Crippen LogP contribution in [-0.4, -0.2) is 9.13 Å². The Morgan fingerprint density at radius 1 is 0.273 bits per heavy atom. The fourth-order valence-electron chi connectivity index (χ4n) is 9.82. The van der Waals surface area contributed by atoms with Gasteiger partial charge in [-0.1, -0.05) is 127 Å². The Bertz CT molecular complexity index is 3760. The van der Waals surface area contributed by atoms with Gasteiger partial charge in [0.1, 0.15) is 0 Å². The van der Waals surface area contributed by atoms with Crippen LogP contribution < -0.4 is 0 Å². The van der Waals surface area contributed by atoms with E-state index >= 15 is 0 Å². The molecule has 13 rings (SSSR count). The number of para-hydroxylation sites is 2. The van der Waals surface area contributed by atoms with E-state index in [0.29, 0.717) is 0 Å². The quantitative estimate of drug-likeness (QED) is 0.158. The second kappa shape index (κ2) is 10.8. The summed E-state index contributed by atoms with van der Waals surface area (Å²) in [6, 6.07) is 67.6. The van der Waals surface area contributed by atoms with Crippen molar-refractivity contribution in [1.29, 1.82) is 0 Å². The van der Waals surface area contributed by atoms with E-state index in [1.54, 1.807) is 0 Å². The lowest BCUT2D eigenvalue weighted by molar-refractivity contribution is 1.15. The number of hydrogen-bond donors (Lipinski definition) is 0. The maximum atomic E-state index is 2.51. The summed E-state index contributed by atoms with van der Waals surface area (Å²) < 4.78 is 7.61. The van der Waals surface area contributed by atoms with Gasteiger partial charge in [0, 0.05) is 63.9 Å². The third-order valence-electron chi connectivity index (χ3n) is 12.0. The second-order valence-electron chi connectivity index (χ2n) is 14.8. The monoisotopic (exact) mass is 714 g/mol. The molecule has 0 amide bonds. The van der Waals surface area contributed by atoms with Gasteiger partial charge in [-0.2, -0.15) is 0 Å². The first-order valence-corrected chi connectivity index (χ1v) is 19.8. The van der Waals surface area contributed by atoms with Crippen molar-refractivity contribution < 1.29 is 0 Å². The molecule has 0 N–H and O–H groups in total. The Hall–Kier alpha value is -6.94. The molecule has 0 saturated carbocycles. The number of rotatable bonds is 2. The van der Waals surface area contributed by atoms with E-state index in [-0.39, 0.29) is 0 Å². The summed E-state index contributed by atoms with van der Waals surface area (Å²) in [6.45, 7) is 0. The Labute approximate surface area is 319 Å². The predicted octanol–water partition coefficient (Wildman–Crippen LogP) is 14.9. The molecule has 3 heteroatoms. The van der Waals surface area contributed by atoms with Gasteiger partial charge in [-0.05, 0) is 86.9 Å². The van der Waals surface area contributed by atoms with Crippen LogP contribution in [0.1, 0.15) is 0 Å². The summed E-state index contributed by atoms with van der Waals surface area (Å²) in [5.74, 6) is 0. The maximum absolute atomic E-state index is 2.51. The first kappa shape index (κ1) is 29.5. The zero-order valence-corrected chi connectivity index (χ0v) is 30.4. The normalized spacial score (nSPS) is 12.4. The van der Waals surface area contributed by atoms with Gasteiger partial charge in [-0.15, -0.1) is 11.3 Å². The Morgan fingerprint density at radius 2 is 0.764 bits per heavy atom. The van der Waals surface area contributed by atoms with E-state index < -0.39 is 0 Å². The van der Waals surface area contributed by atoms with E-state index in [1.165, 1.54) is 107 Å². The molecule has 3 aromatic heterocycles. The summed E-state index contributed by atoms with van der Waals surface area (Å²) in [5, 5.41) is 18.2. The van der Waals surface area contributed by atoms with E-state index in [2.05, 4.69) is 191 Å². The van der Waals surface area contributed by atoms with Gasteiger partial charge in [-0.3, -0.25) is 0 Å². The molecule has 0 fully saturated rings. The third kappa shape index (κ3) is 3.87. The number of aromatic nitrogens is 2. The van der Waals surface area contributed by atoms with Crippen molar-refractivity contribution in [3.63, 3.8) is 0 Å². The molecule has 0 spiro atoms. The molecular formula is C52H30N2S. The van der Waals surface area contributed by atoms with Crippen molar-refractivity contribution in [2.24, 2.45) is 0 Å². The SMILES string of the molecule is c1ccc2c(c1)sc1cc3c(cc12)c1ccccc1n3-c1ccc(-n2c3ccccc3c3c4c5ccccc5c5ccccc5c4c4ccccc4c32)cc1. The van der Waals surface area contributed by atoms with Crippen LogP contribution in [0.25, 0.3) is 118 Å². The molecule has 0 aliphatic rings. The highest BCUT2D eigenvalue weighted by Crippen LogP contribution is 2.48. The smallest absolute Gasteiger partial charge is 0.0626 e. The van der Waals surface area contributed by atoms with Gasteiger partial charge in [0.15, 0.2) is 0 Å². The first-order chi connectivity index (χ1) is 27.3. The zero-order chi connectivity index (χ0) is 35.8. The maximum Gasteiger partial charge on any atom is 0.0626 e. The molecule has 0 aliphatic heterocycles. The summed E-state index contributed by atoms with van der Waals surface area (Å²) >= 11 is 1.88. The van der Waals surface area contributed by atoms with E-state index in [1.807, 2.05) is 11.3 Å². The van der Waals surface area contributed by atoms with Crippen LogP contribution in [0.4, 0.5) is 0 Å². The average molecular weight is 715 g/mol. The lowest BCUT2D eigenvalue weighted by atomic mass is 9.88.